The predicted octanol–water partition coefficient (Wildman–Crippen LogP) is 11.3. The second-order valence-electron chi connectivity index (χ2n) is 17.2. The van der Waals surface area contributed by atoms with Crippen molar-refractivity contribution >= 4 is 41.8 Å². The van der Waals surface area contributed by atoms with Crippen LogP contribution in [0.2, 0.25) is 0 Å². The highest BCUT2D eigenvalue weighted by atomic mass is 16.6. The van der Waals surface area contributed by atoms with Gasteiger partial charge in [-0.05, 0) is 142 Å². The Kier molecular flexibility index (Phi) is 29.2. The maximum atomic E-state index is 13.6. The number of unbranched alkanes of at least 4 members (excludes halogenated alkanes) is 11. The molecule has 0 saturated heterocycles. The van der Waals surface area contributed by atoms with Gasteiger partial charge >= 0.3 is 41.8 Å². The maximum Gasteiger partial charge on any atom is 0.343 e. The number of benzene rings is 4. The Balaban J connectivity index is 1.28. The molecule has 0 bridgehead atoms. The molecule has 4 rings (SSSR count). The third kappa shape index (κ3) is 25.3. The zero-order valence-electron chi connectivity index (χ0n) is 43.7. The molecule has 17 nitrogen and oxygen atoms in total. The summed E-state index contributed by atoms with van der Waals surface area (Å²) in [5.74, 6) is -2.71. The lowest BCUT2D eigenvalue weighted by molar-refractivity contribution is -0.138. The molecule has 0 radical (unpaired) electrons. The van der Waals surface area contributed by atoms with Crippen molar-refractivity contribution in [3.05, 3.63) is 151 Å². The molecule has 0 fully saturated rings. The van der Waals surface area contributed by atoms with Gasteiger partial charge in [0.25, 0.3) is 0 Å². The molecule has 0 amide bonds. The minimum absolute atomic E-state index is 0.0255. The van der Waals surface area contributed by atoms with Gasteiger partial charge < -0.3 is 47.4 Å². The first-order valence-electron chi connectivity index (χ1n) is 26.0. The Morgan fingerprint density at radius 1 is 0.312 bits per heavy atom. The monoisotopic (exact) mass is 1060 g/mol. The first-order valence-corrected chi connectivity index (χ1v) is 26.0. The lowest BCUT2D eigenvalue weighted by atomic mass is 10.1. The molecular weight excluding hydrogens is 993 g/mol. The van der Waals surface area contributed by atoms with Crippen LogP contribution in [0.15, 0.2) is 129 Å². The number of carbonyl (C=O) groups excluding carboxylic acids is 7. The van der Waals surface area contributed by atoms with Gasteiger partial charge in [-0.2, -0.15) is 0 Å². The summed E-state index contributed by atoms with van der Waals surface area (Å²) < 4.78 is 54.6. The number of rotatable bonds is 39. The van der Waals surface area contributed by atoms with E-state index in [9.17, 15) is 33.6 Å². The fraction of sp³-hybridized carbons (Fsp3) is 0.383. The van der Waals surface area contributed by atoms with Crippen LogP contribution in [-0.4, -0.2) is 94.6 Å². The summed E-state index contributed by atoms with van der Waals surface area (Å²) >= 11 is 0. The molecule has 0 aromatic heterocycles. The van der Waals surface area contributed by atoms with Crippen molar-refractivity contribution in [1.29, 1.82) is 0 Å². The normalized spacial score (nSPS) is 10.5. The summed E-state index contributed by atoms with van der Waals surface area (Å²) in [6.45, 7) is 12.4. The van der Waals surface area contributed by atoms with E-state index in [1.165, 1.54) is 30.3 Å². The van der Waals surface area contributed by atoms with Gasteiger partial charge in [0.05, 0.1) is 69.5 Å². The summed E-state index contributed by atoms with van der Waals surface area (Å²) in [6, 6.07) is 23.2. The van der Waals surface area contributed by atoms with Crippen LogP contribution in [0.3, 0.4) is 0 Å². The van der Waals surface area contributed by atoms with Crippen molar-refractivity contribution in [2.45, 2.75) is 96.3 Å². The van der Waals surface area contributed by atoms with E-state index < -0.39 is 41.8 Å². The molecule has 17 heteroatoms. The highest BCUT2D eigenvalue weighted by Crippen LogP contribution is 2.28. The van der Waals surface area contributed by atoms with E-state index >= 15 is 0 Å². The molecule has 0 aliphatic rings. The molecule has 0 aliphatic carbocycles. The Hall–Kier alpha value is -8.21. The molecule has 4 aromatic carbocycles. The molecule has 0 heterocycles. The number of hydrogen-bond donors (Lipinski definition) is 0. The number of hydrogen-bond acceptors (Lipinski definition) is 17. The van der Waals surface area contributed by atoms with Crippen LogP contribution in [0, 0.1) is 0 Å². The van der Waals surface area contributed by atoms with Gasteiger partial charge in [0, 0.05) is 24.6 Å². The van der Waals surface area contributed by atoms with Gasteiger partial charge in [0.2, 0.25) is 0 Å². The van der Waals surface area contributed by atoms with Crippen molar-refractivity contribution in [3.63, 3.8) is 0 Å². The van der Waals surface area contributed by atoms with Crippen LogP contribution in [-0.2, 0) is 38.1 Å². The molecule has 4 aromatic rings. The van der Waals surface area contributed by atoms with E-state index in [4.69, 9.17) is 47.4 Å². The van der Waals surface area contributed by atoms with Crippen molar-refractivity contribution in [2.75, 3.05) is 52.9 Å². The molecule has 0 N–H and O–H groups in total. The van der Waals surface area contributed by atoms with Crippen molar-refractivity contribution in [2.24, 2.45) is 0 Å². The van der Waals surface area contributed by atoms with E-state index in [1.807, 2.05) is 0 Å². The summed E-state index contributed by atoms with van der Waals surface area (Å²) in [5.41, 5.74) is 0.494. The number of carbonyl (C=O) groups is 7. The number of esters is 7. The van der Waals surface area contributed by atoms with Crippen LogP contribution in [0.5, 0.6) is 28.7 Å². The highest BCUT2D eigenvalue weighted by molar-refractivity contribution is 5.97. The van der Waals surface area contributed by atoms with Gasteiger partial charge in [-0.3, -0.25) is 0 Å². The van der Waals surface area contributed by atoms with Crippen molar-refractivity contribution in [3.8, 4) is 28.7 Å². The van der Waals surface area contributed by atoms with Crippen molar-refractivity contribution in [1.82, 2.24) is 0 Å². The zero-order chi connectivity index (χ0) is 55.3. The van der Waals surface area contributed by atoms with Crippen LogP contribution in [0.25, 0.3) is 0 Å². The average molecular weight is 1060 g/mol. The fourth-order valence-electron chi connectivity index (χ4n) is 7.05. The predicted molar refractivity (Wildman–Crippen MR) is 285 cm³/mol. The highest BCUT2D eigenvalue weighted by Gasteiger charge is 2.21. The van der Waals surface area contributed by atoms with Gasteiger partial charge in [-0.25, -0.2) is 33.6 Å². The first-order chi connectivity index (χ1) is 37.5. The second-order valence-corrected chi connectivity index (χ2v) is 17.2. The molecule has 0 spiro atoms. The molecular formula is C60H70O17. The fourth-order valence-corrected chi connectivity index (χ4v) is 7.05. The van der Waals surface area contributed by atoms with E-state index in [2.05, 4.69) is 19.7 Å². The summed E-state index contributed by atoms with van der Waals surface area (Å²) in [4.78, 5) is 86.4. The maximum absolute atomic E-state index is 13.6. The van der Waals surface area contributed by atoms with Gasteiger partial charge in [-0.1, -0.05) is 58.3 Å². The van der Waals surface area contributed by atoms with Crippen molar-refractivity contribution < 1.29 is 80.9 Å². The minimum atomic E-state index is -0.892. The smallest absolute Gasteiger partial charge is 0.343 e. The Labute approximate surface area is 450 Å². The first kappa shape index (κ1) is 61.3. The summed E-state index contributed by atoms with van der Waals surface area (Å²) in [5, 5.41) is 0. The topological polar surface area (TPSA) is 212 Å². The average Bonchev–Trinajstić information content (AvgIpc) is 3.45. The summed E-state index contributed by atoms with van der Waals surface area (Å²) in [7, 11) is 0. The van der Waals surface area contributed by atoms with E-state index in [0.717, 1.165) is 108 Å². The van der Waals surface area contributed by atoms with Gasteiger partial charge in [0.1, 0.15) is 34.3 Å². The van der Waals surface area contributed by atoms with E-state index in [1.54, 1.807) is 60.7 Å². The van der Waals surface area contributed by atoms with E-state index in [0.29, 0.717) is 62.5 Å². The van der Waals surface area contributed by atoms with E-state index in [-0.39, 0.29) is 47.8 Å². The summed E-state index contributed by atoms with van der Waals surface area (Å²) in [6.07, 6.45) is 15.7. The molecule has 0 saturated carbocycles. The zero-order valence-corrected chi connectivity index (χ0v) is 43.7. The third-order valence-corrected chi connectivity index (χ3v) is 11.3. The molecule has 77 heavy (non-hydrogen) atoms. The van der Waals surface area contributed by atoms with Crippen LogP contribution < -0.4 is 23.7 Å². The standard InChI is InChI=1S/C60H70O17/c1-4-54(61)71-39-18-11-7-9-15-36-68-49-30-24-46(25-31-49)58(65)76-51-34-35-53(77-59(66)47-26-32-50(33-27-47)69-37-16-10-8-12-19-40-72-55(62)5-2)52(44-51)60(67)75-43-21-42-74-57(64)45-22-28-48(29-23-45)70-38-17-13-14-20-41-73-56(63)6-3/h4-6,22-35,44H,1-3,7-21,36-43H2. The lowest BCUT2D eigenvalue weighted by Crippen LogP contribution is -2.15. The Bertz CT molecular complexity index is 2500. The Morgan fingerprint density at radius 2 is 0.623 bits per heavy atom. The van der Waals surface area contributed by atoms with Gasteiger partial charge in [-0.15, -0.1) is 0 Å². The molecule has 412 valence electrons. The Morgan fingerprint density at radius 3 is 1.01 bits per heavy atom. The largest absolute Gasteiger partial charge is 0.494 e. The van der Waals surface area contributed by atoms with Crippen LogP contribution >= 0.6 is 0 Å². The van der Waals surface area contributed by atoms with Gasteiger partial charge in [0.15, 0.2) is 0 Å². The molecule has 0 aliphatic heterocycles. The van der Waals surface area contributed by atoms with Crippen LogP contribution in [0.4, 0.5) is 0 Å². The van der Waals surface area contributed by atoms with Crippen LogP contribution in [0.1, 0.15) is 138 Å². The number of ether oxygens (including phenoxy) is 10. The SMILES string of the molecule is C=CC(=O)OCCCCCCCOc1ccc(C(=O)Oc2ccc(OC(=O)c3ccc(OCCCCCCCOC(=O)C=C)cc3)c(C(=O)OCCCOC(=O)c3ccc(OCCCCCCOC(=O)C=C)cc3)c2)cc1. The second kappa shape index (κ2) is 36.7. The third-order valence-electron chi connectivity index (χ3n) is 11.3. The molecule has 0 atom stereocenters. The molecule has 0 unspecified atom stereocenters. The minimum Gasteiger partial charge on any atom is -0.494 e. The lowest BCUT2D eigenvalue weighted by Gasteiger charge is -2.13. The quantitative estimate of drug-likeness (QED) is 0.0134.